The molecule has 4 heterocycles. The van der Waals surface area contributed by atoms with Crippen LogP contribution in [0.4, 0.5) is 4.79 Å². The van der Waals surface area contributed by atoms with Crippen LogP contribution in [0.25, 0.3) is 39.3 Å². The highest BCUT2D eigenvalue weighted by Crippen LogP contribution is 2.42. The van der Waals surface area contributed by atoms with Crippen LogP contribution in [0.15, 0.2) is 66.9 Å². The molecule has 1 atom stereocenters. The van der Waals surface area contributed by atoms with Gasteiger partial charge in [0.05, 0.1) is 53.6 Å². The van der Waals surface area contributed by atoms with E-state index in [0.717, 1.165) is 16.8 Å². The van der Waals surface area contributed by atoms with Gasteiger partial charge >= 0.3 is 6.09 Å². The monoisotopic (exact) mass is 759 g/mol. The number of aliphatic hydroxyl groups is 1. The van der Waals surface area contributed by atoms with Crippen molar-refractivity contribution >= 4 is 40.8 Å². The number of amides is 2. The first-order valence-electron chi connectivity index (χ1n) is 17.4. The molecule has 3 aromatic heterocycles. The van der Waals surface area contributed by atoms with Crippen LogP contribution in [0.3, 0.4) is 0 Å². The number of benzene rings is 2. The molecule has 0 bridgehead atoms. The predicted octanol–water partition coefficient (Wildman–Crippen LogP) is 6.88. The molecule has 0 saturated carbocycles. The van der Waals surface area contributed by atoms with E-state index in [0.29, 0.717) is 75.6 Å². The first-order chi connectivity index (χ1) is 25.3. The molecule has 2 amide bonds. The fourth-order valence-electron chi connectivity index (χ4n) is 6.29. The highest BCUT2D eigenvalue weighted by atomic mass is 35.5. The van der Waals surface area contributed by atoms with E-state index in [1.807, 2.05) is 99.6 Å². The molecule has 1 fully saturated rings. The standard InChI is InChI=1S/C39H43Cl2N7O5/c1-39(2,3)53-38(51)47(22-25-13-17-34(50)43-25)20-24-12-14-31(44-37(24)52-5)29-10-6-8-27(35(29)40)28-9-7-11-30(36(28)41)32-15-16-33-42-26(23-48(33)45-32)21-46(4)18-19-49/h6-12,14-16,23,25,49H,13,17-22H2,1-5H3,(H,43,50)/t25-/m0/s1. The van der Waals surface area contributed by atoms with Crippen molar-refractivity contribution in [2.45, 2.75) is 58.3 Å². The molecule has 12 nitrogen and oxygen atoms in total. The predicted molar refractivity (Wildman–Crippen MR) is 205 cm³/mol. The maximum Gasteiger partial charge on any atom is 0.410 e. The molecule has 1 saturated heterocycles. The number of carbonyl (C=O) groups excluding carboxylic acids is 2. The zero-order chi connectivity index (χ0) is 37.9. The number of nitrogens with zero attached hydrogens (tertiary/aromatic N) is 6. The number of ether oxygens (including phenoxy) is 2. The van der Waals surface area contributed by atoms with Gasteiger partial charge in [-0.2, -0.15) is 5.10 Å². The van der Waals surface area contributed by atoms with Crippen LogP contribution < -0.4 is 10.1 Å². The molecule has 1 aliphatic rings. The van der Waals surface area contributed by atoms with E-state index in [1.54, 1.807) is 9.42 Å². The van der Waals surface area contributed by atoms with E-state index < -0.39 is 11.7 Å². The summed E-state index contributed by atoms with van der Waals surface area (Å²) >= 11 is 14.2. The van der Waals surface area contributed by atoms with Gasteiger partial charge in [0.1, 0.15) is 5.60 Å². The van der Waals surface area contributed by atoms with Crippen LogP contribution in [0.2, 0.25) is 10.0 Å². The number of aliphatic hydroxyl groups excluding tert-OH is 1. The Hall–Kier alpha value is -4.75. The maximum absolute atomic E-state index is 13.3. The van der Waals surface area contributed by atoms with Crippen molar-refractivity contribution in [1.29, 1.82) is 0 Å². The Morgan fingerprint density at radius 3 is 2.25 bits per heavy atom. The molecule has 5 aromatic rings. The Morgan fingerprint density at radius 2 is 1.62 bits per heavy atom. The molecule has 14 heteroatoms. The minimum absolute atomic E-state index is 0.0314. The minimum Gasteiger partial charge on any atom is -0.481 e. The number of imidazole rings is 1. The van der Waals surface area contributed by atoms with Gasteiger partial charge in [-0.1, -0.05) is 59.6 Å². The van der Waals surface area contributed by atoms with Crippen molar-refractivity contribution in [2.24, 2.45) is 0 Å². The molecule has 278 valence electrons. The van der Waals surface area contributed by atoms with Crippen molar-refractivity contribution in [3.05, 3.63) is 88.2 Å². The number of nitrogens with one attached hydrogen (secondary N) is 1. The number of fused-ring (bicyclic) bond motifs is 1. The molecule has 6 rings (SSSR count). The SMILES string of the molecule is COc1nc(-c2cccc(-c3cccc(-c4ccc5nc(CN(C)CCO)cn5n4)c3Cl)c2Cl)ccc1CN(C[C@@H]1CCC(=O)N1)C(=O)OC(C)(C)C. The third-order valence-corrected chi connectivity index (χ3v) is 9.61. The van der Waals surface area contributed by atoms with E-state index in [9.17, 15) is 14.7 Å². The molecule has 53 heavy (non-hydrogen) atoms. The second kappa shape index (κ2) is 16.1. The number of rotatable bonds is 12. The van der Waals surface area contributed by atoms with Crippen LogP contribution in [-0.2, 0) is 22.6 Å². The smallest absolute Gasteiger partial charge is 0.410 e. The first-order valence-corrected chi connectivity index (χ1v) is 18.1. The second-order valence-corrected chi connectivity index (χ2v) is 14.8. The van der Waals surface area contributed by atoms with Gasteiger partial charge in [0.25, 0.3) is 0 Å². The van der Waals surface area contributed by atoms with Gasteiger partial charge < -0.3 is 24.8 Å². The quantitative estimate of drug-likeness (QED) is 0.140. The summed E-state index contributed by atoms with van der Waals surface area (Å²) in [5.74, 6) is 0.299. The topological polar surface area (TPSA) is 134 Å². The number of carbonyl (C=O) groups is 2. The normalized spacial score (nSPS) is 14.5. The first kappa shape index (κ1) is 38.0. The number of aromatic nitrogens is 4. The summed E-state index contributed by atoms with van der Waals surface area (Å²) in [6, 6.07) is 18.7. The highest BCUT2D eigenvalue weighted by Gasteiger charge is 2.29. The Balaban J connectivity index is 1.28. The van der Waals surface area contributed by atoms with Crippen molar-refractivity contribution in [3.8, 4) is 39.5 Å². The molecule has 2 N–H and O–H groups in total. The fraction of sp³-hybridized carbons (Fsp3) is 0.359. The molecule has 1 aliphatic heterocycles. The van der Waals surface area contributed by atoms with Gasteiger partial charge in [-0.15, -0.1) is 0 Å². The molecular weight excluding hydrogens is 717 g/mol. The van der Waals surface area contributed by atoms with Crippen LogP contribution in [0, 0.1) is 0 Å². The van der Waals surface area contributed by atoms with Crippen molar-refractivity contribution in [1.82, 2.24) is 34.7 Å². The van der Waals surface area contributed by atoms with Crippen LogP contribution in [0.5, 0.6) is 5.88 Å². The van der Waals surface area contributed by atoms with E-state index >= 15 is 0 Å². The second-order valence-electron chi connectivity index (χ2n) is 14.1. The lowest BCUT2D eigenvalue weighted by Gasteiger charge is -2.29. The summed E-state index contributed by atoms with van der Waals surface area (Å²) in [6.07, 6.45) is 2.44. The molecule has 0 unspecified atom stereocenters. The molecule has 2 aromatic carbocycles. The largest absolute Gasteiger partial charge is 0.481 e. The summed E-state index contributed by atoms with van der Waals surface area (Å²) in [5, 5.41) is 17.9. The Bertz CT molecular complexity index is 2130. The number of halogens is 2. The van der Waals surface area contributed by atoms with Crippen LogP contribution in [-0.4, -0.2) is 92.0 Å². The number of hydrogen-bond donors (Lipinski definition) is 2. The van der Waals surface area contributed by atoms with Crippen LogP contribution in [0.1, 0.15) is 44.9 Å². The molecule has 0 radical (unpaired) electrons. The Kier molecular flexibility index (Phi) is 11.5. The van der Waals surface area contributed by atoms with Crippen molar-refractivity contribution in [2.75, 3.05) is 33.9 Å². The molecular formula is C39H43Cl2N7O5. The van der Waals surface area contributed by atoms with E-state index in [4.69, 9.17) is 42.8 Å². The Labute approximate surface area is 318 Å². The lowest BCUT2D eigenvalue weighted by Crippen LogP contribution is -2.43. The maximum atomic E-state index is 13.3. The fourth-order valence-corrected chi connectivity index (χ4v) is 6.93. The van der Waals surface area contributed by atoms with Crippen molar-refractivity contribution in [3.63, 3.8) is 0 Å². The number of likely N-dealkylation sites (N-methyl/N-ethyl adjacent to an activating group) is 1. The highest BCUT2D eigenvalue weighted by molar-refractivity contribution is 6.39. The average molecular weight is 761 g/mol. The van der Waals surface area contributed by atoms with Crippen LogP contribution >= 0.6 is 23.2 Å². The van der Waals surface area contributed by atoms with Gasteiger partial charge in [-0.3, -0.25) is 9.69 Å². The summed E-state index contributed by atoms with van der Waals surface area (Å²) < 4.78 is 13.2. The minimum atomic E-state index is -0.697. The number of pyridine rings is 1. The number of hydrogen-bond acceptors (Lipinski definition) is 9. The summed E-state index contributed by atoms with van der Waals surface area (Å²) in [4.78, 5) is 38.2. The lowest BCUT2D eigenvalue weighted by molar-refractivity contribution is -0.119. The Morgan fingerprint density at radius 1 is 0.962 bits per heavy atom. The zero-order valence-electron chi connectivity index (χ0n) is 30.4. The lowest BCUT2D eigenvalue weighted by atomic mass is 9.98. The zero-order valence-corrected chi connectivity index (χ0v) is 31.9. The number of methoxy groups -OCH3 is 1. The molecule has 0 spiro atoms. The van der Waals surface area contributed by atoms with E-state index in [1.165, 1.54) is 7.11 Å². The van der Waals surface area contributed by atoms with Crippen molar-refractivity contribution < 1.29 is 24.2 Å². The van der Waals surface area contributed by atoms with Gasteiger partial charge in [-0.25, -0.2) is 19.3 Å². The average Bonchev–Trinajstić information content (AvgIpc) is 3.72. The third-order valence-electron chi connectivity index (χ3n) is 8.79. The summed E-state index contributed by atoms with van der Waals surface area (Å²) in [6.45, 7) is 7.09. The van der Waals surface area contributed by atoms with Gasteiger partial charge in [-0.05, 0) is 58.5 Å². The van der Waals surface area contributed by atoms with Gasteiger partial charge in [0.15, 0.2) is 5.65 Å². The molecule has 0 aliphatic carbocycles. The van der Waals surface area contributed by atoms with E-state index in [-0.39, 0.29) is 31.6 Å². The van der Waals surface area contributed by atoms with E-state index in [2.05, 4.69) is 10.3 Å². The summed E-state index contributed by atoms with van der Waals surface area (Å²) in [5.41, 5.74) is 5.61. The summed E-state index contributed by atoms with van der Waals surface area (Å²) in [7, 11) is 3.45. The van der Waals surface area contributed by atoms with Gasteiger partial charge in [0.2, 0.25) is 11.8 Å². The van der Waals surface area contributed by atoms with Gasteiger partial charge in [0, 0.05) is 59.9 Å². The third kappa shape index (κ3) is 8.90.